The van der Waals surface area contributed by atoms with Crippen LogP contribution in [0, 0.1) is 0 Å². The highest BCUT2D eigenvalue weighted by molar-refractivity contribution is 5.76. The molecule has 0 aromatic rings. The van der Waals surface area contributed by atoms with Gasteiger partial charge in [-0.25, -0.2) is 0 Å². The van der Waals surface area contributed by atoms with E-state index in [1.807, 2.05) is 13.8 Å². The van der Waals surface area contributed by atoms with Gasteiger partial charge in [-0.05, 0) is 39.5 Å². The first-order valence-electron chi connectivity index (χ1n) is 8.28. The Hall–Kier alpha value is -0.610. The normalized spacial score (nSPS) is 25.2. The van der Waals surface area contributed by atoms with Crippen LogP contribution in [-0.4, -0.2) is 36.7 Å². The van der Waals surface area contributed by atoms with Crippen LogP contribution in [0.4, 0.5) is 0 Å². The number of hydrogen-bond acceptors (Lipinski definition) is 3. The second kappa shape index (κ2) is 7.41. The maximum Gasteiger partial charge on any atom is 0.221 e. The van der Waals surface area contributed by atoms with Crippen LogP contribution in [-0.2, 0) is 9.53 Å². The molecule has 1 saturated heterocycles. The standard InChI is InChI=1S/C16H30N2O2/c1-13(2)18-15(19)7-11-17-12-14-6-10-16(20-14)8-4-3-5-9-16/h13-14,17H,3-12H2,1-2H3,(H,18,19). The van der Waals surface area contributed by atoms with E-state index in [-0.39, 0.29) is 17.6 Å². The third-order valence-electron chi connectivity index (χ3n) is 4.45. The maximum absolute atomic E-state index is 11.5. The molecule has 0 bridgehead atoms. The third kappa shape index (κ3) is 4.74. The Balaban J connectivity index is 1.58. The van der Waals surface area contributed by atoms with Crippen molar-refractivity contribution in [2.24, 2.45) is 0 Å². The summed E-state index contributed by atoms with van der Waals surface area (Å²) in [5.41, 5.74) is 0.208. The van der Waals surface area contributed by atoms with Crippen molar-refractivity contribution >= 4 is 5.91 Å². The quantitative estimate of drug-likeness (QED) is 0.735. The van der Waals surface area contributed by atoms with E-state index in [0.29, 0.717) is 12.5 Å². The average Bonchev–Trinajstić information content (AvgIpc) is 2.78. The SMILES string of the molecule is CC(C)NC(=O)CCNCC1CCC2(CCCCC2)O1. The van der Waals surface area contributed by atoms with Gasteiger partial charge >= 0.3 is 0 Å². The van der Waals surface area contributed by atoms with Crippen LogP contribution in [0.15, 0.2) is 0 Å². The minimum Gasteiger partial charge on any atom is -0.370 e. The highest BCUT2D eigenvalue weighted by atomic mass is 16.5. The van der Waals surface area contributed by atoms with E-state index in [4.69, 9.17) is 4.74 Å². The fourth-order valence-electron chi connectivity index (χ4n) is 3.46. The number of amides is 1. The van der Waals surface area contributed by atoms with Gasteiger partial charge in [0.25, 0.3) is 0 Å². The van der Waals surface area contributed by atoms with Gasteiger partial charge in [0.2, 0.25) is 5.91 Å². The second-order valence-corrected chi connectivity index (χ2v) is 6.70. The number of rotatable bonds is 6. The number of ether oxygens (including phenoxy) is 1. The van der Waals surface area contributed by atoms with E-state index < -0.39 is 0 Å². The third-order valence-corrected chi connectivity index (χ3v) is 4.45. The molecular formula is C16H30N2O2. The summed E-state index contributed by atoms with van der Waals surface area (Å²) < 4.78 is 6.30. The van der Waals surface area contributed by atoms with Crippen LogP contribution in [0.3, 0.4) is 0 Å². The summed E-state index contributed by atoms with van der Waals surface area (Å²) in [5.74, 6) is 0.128. The van der Waals surface area contributed by atoms with Crippen molar-refractivity contribution in [3.05, 3.63) is 0 Å². The average molecular weight is 282 g/mol. The van der Waals surface area contributed by atoms with Crippen LogP contribution >= 0.6 is 0 Å². The van der Waals surface area contributed by atoms with Gasteiger partial charge in [0.15, 0.2) is 0 Å². The molecule has 0 aromatic carbocycles. The zero-order valence-electron chi connectivity index (χ0n) is 13.0. The molecule has 1 aliphatic carbocycles. The lowest BCUT2D eigenvalue weighted by Crippen LogP contribution is -2.36. The molecule has 20 heavy (non-hydrogen) atoms. The van der Waals surface area contributed by atoms with Crippen LogP contribution in [0.1, 0.15) is 65.2 Å². The van der Waals surface area contributed by atoms with Gasteiger partial charge < -0.3 is 15.4 Å². The largest absolute Gasteiger partial charge is 0.370 e. The number of carbonyl (C=O) groups is 1. The van der Waals surface area contributed by atoms with E-state index in [1.165, 1.54) is 44.9 Å². The molecule has 0 radical (unpaired) electrons. The minimum atomic E-state index is 0.128. The fraction of sp³-hybridized carbons (Fsp3) is 0.938. The fourth-order valence-corrected chi connectivity index (χ4v) is 3.46. The Labute approximate surface area is 123 Å². The highest BCUT2D eigenvalue weighted by Crippen LogP contribution is 2.41. The molecular weight excluding hydrogens is 252 g/mol. The van der Waals surface area contributed by atoms with Gasteiger partial charge in [0.05, 0.1) is 11.7 Å². The molecule has 2 fully saturated rings. The van der Waals surface area contributed by atoms with E-state index in [2.05, 4.69) is 10.6 Å². The van der Waals surface area contributed by atoms with Crippen molar-refractivity contribution < 1.29 is 9.53 Å². The van der Waals surface area contributed by atoms with Crippen molar-refractivity contribution in [3.8, 4) is 0 Å². The first-order valence-corrected chi connectivity index (χ1v) is 8.28. The topological polar surface area (TPSA) is 50.4 Å². The summed E-state index contributed by atoms with van der Waals surface area (Å²) in [7, 11) is 0. The summed E-state index contributed by atoms with van der Waals surface area (Å²) >= 11 is 0. The van der Waals surface area contributed by atoms with Crippen molar-refractivity contribution in [2.75, 3.05) is 13.1 Å². The van der Waals surface area contributed by atoms with Crippen molar-refractivity contribution in [2.45, 2.75) is 83.0 Å². The van der Waals surface area contributed by atoms with E-state index in [1.54, 1.807) is 0 Å². The lowest BCUT2D eigenvalue weighted by Gasteiger charge is -2.33. The minimum absolute atomic E-state index is 0.128. The molecule has 1 saturated carbocycles. The van der Waals surface area contributed by atoms with Gasteiger partial charge in [-0.2, -0.15) is 0 Å². The molecule has 2 rings (SSSR count). The van der Waals surface area contributed by atoms with Crippen LogP contribution in [0.25, 0.3) is 0 Å². The molecule has 0 aromatic heterocycles. The maximum atomic E-state index is 11.5. The number of nitrogens with one attached hydrogen (secondary N) is 2. The van der Waals surface area contributed by atoms with Crippen molar-refractivity contribution in [1.29, 1.82) is 0 Å². The van der Waals surface area contributed by atoms with Gasteiger partial charge in [0.1, 0.15) is 0 Å². The monoisotopic (exact) mass is 282 g/mol. The second-order valence-electron chi connectivity index (χ2n) is 6.70. The summed E-state index contributed by atoms with van der Waals surface area (Å²) in [5, 5.41) is 6.28. The molecule has 4 nitrogen and oxygen atoms in total. The van der Waals surface area contributed by atoms with Crippen LogP contribution in [0.5, 0.6) is 0 Å². The molecule has 1 amide bonds. The lowest BCUT2D eigenvalue weighted by atomic mass is 9.83. The highest BCUT2D eigenvalue weighted by Gasteiger charge is 2.40. The molecule has 1 aliphatic heterocycles. The number of carbonyl (C=O) groups excluding carboxylic acids is 1. The molecule has 1 spiro atoms. The molecule has 116 valence electrons. The smallest absolute Gasteiger partial charge is 0.221 e. The van der Waals surface area contributed by atoms with Gasteiger partial charge in [-0.3, -0.25) is 4.79 Å². The van der Waals surface area contributed by atoms with Crippen LogP contribution in [0.2, 0.25) is 0 Å². The van der Waals surface area contributed by atoms with E-state index >= 15 is 0 Å². The lowest BCUT2D eigenvalue weighted by molar-refractivity contribution is -0.121. The van der Waals surface area contributed by atoms with Crippen LogP contribution < -0.4 is 10.6 Å². The first-order chi connectivity index (χ1) is 9.60. The Morgan fingerprint density at radius 2 is 2.00 bits per heavy atom. The van der Waals surface area contributed by atoms with Crippen molar-refractivity contribution in [1.82, 2.24) is 10.6 Å². The zero-order chi connectivity index (χ0) is 14.4. The summed E-state index contributed by atoms with van der Waals surface area (Å²) in [6.45, 7) is 5.60. The summed E-state index contributed by atoms with van der Waals surface area (Å²) in [4.78, 5) is 11.5. The van der Waals surface area contributed by atoms with Gasteiger partial charge in [-0.1, -0.05) is 19.3 Å². The van der Waals surface area contributed by atoms with Gasteiger partial charge in [-0.15, -0.1) is 0 Å². The van der Waals surface area contributed by atoms with Crippen molar-refractivity contribution in [3.63, 3.8) is 0 Å². The molecule has 1 atom stereocenters. The molecule has 2 aliphatic rings. The molecule has 2 N–H and O–H groups in total. The Bertz CT molecular complexity index is 312. The first kappa shape index (κ1) is 15.8. The van der Waals surface area contributed by atoms with E-state index in [0.717, 1.165) is 13.1 Å². The molecule has 1 unspecified atom stereocenters. The Kier molecular flexibility index (Phi) is 5.85. The van der Waals surface area contributed by atoms with Gasteiger partial charge in [0, 0.05) is 25.6 Å². The molecule has 1 heterocycles. The zero-order valence-corrected chi connectivity index (χ0v) is 13.0. The van der Waals surface area contributed by atoms with E-state index in [9.17, 15) is 4.79 Å². The Morgan fingerprint density at radius 3 is 2.70 bits per heavy atom. The summed E-state index contributed by atoms with van der Waals surface area (Å²) in [6, 6.07) is 0.229. The molecule has 4 heteroatoms. The predicted molar refractivity (Wildman–Crippen MR) is 80.7 cm³/mol. The predicted octanol–water partition coefficient (Wildman–Crippen LogP) is 2.37. The Morgan fingerprint density at radius 1 is 1.25 bits per heavy atom. The summed E-state index contributed by atoms with van der Waals surface area (Å²) in [6.07, 6.45) is 9.83. The number of hydrogen-bond donors (Lipinski definition) is 2.